The number of amides is 1. The number of anilines is 1. The summed E-state index contributed by atoms with van der Waals surface area (Å²) in [6, 6.07) is 13.4. The number of rotatable bonds is 8. The lowest BCUT2D eigenvalue weighted by Crippen LogP contribution is -2.15. The van der Waals surface area contributed by atoms with Crippen LogP contribution in [-0.2, 0) is 11.3 Å². The zero-order valence-corrected chi connectivity index (χ0v) is 17.7. The minimum absolute atomic E-state index is 0.163. The molecule has 0 spiro atoms. The Morgan fingerprint density at radius 3 is 2.52 bits per heavy atom. The van der Waals surface area contributed by atoms with Gasteiger partial charge in [-0.25, -0.2) is 0 Å². The molecule has 8 heteroatoms. The molecule has 152 valence electrons. The van der Waals surface area contributed by atoms with Gasteiger partial charge in [-0.15, -0.1) is 10.2 Å². The average molecular weight is 413 g/mol. The van der Waals surface area contributed by atoms with E-state index in [2.05, 4.69) is 15.5 Å². The Hall–Kier alpha value is -3.00. The van der Waals surface area contributed by atoms with Crippen molar-refractivity contribution in [1.82, 2.24) is 14.8 Å². The molecule has 0 saturated carbocycles. The van der Waals surface area contributed by atoms with Gasteiger partial charge in [0, 0.05) is 18.2 Å². The van der Waals surface area contributed by atoms with Gasteiger partial charge in [0.25, 0.3) is 0 Å². The number of hydrogen-bond donors (Lipinski definition) is 1. The van der Waals surface area contributed by atoms with Gasteiger partial charge in [-0.3, -0.25) is 4.79 Å². The Bertz CT molecular complexity index is 986. The Balaban J connectivity index is 1.70. The molecule has 0 radical (unpaired) electrons. The summed E-state index contributed by atoms with van der Waals surface area (Å²) in [5.41, 5.74) is 2.76. The average Bonchev–Trinajstić information content (AvgIpc) is 3.15. The lowest BCUT2D eigenvalue weighted by molar-refractivity contribution is -0.113. The van der Waals surface area contributed by atoms with Crippen LogP contribution < -0.4 is 14.8 Å². The fourth-order valence-electron chi connectivity index (χ4n) is 2.82. The van der Waals surface area contributed by atoms with E-state index in [1.54, 1.807) is 32.4 Å². The van der Waals surface area contributed by atoms with Gasteiger partial charge >= 0.3 is 0 Å². The van der Waals surface area contributed by atoms with Crippen molar-refractivity contribution in [2.24, 2.45) is 0 Å². The largest absolute Gasteiger partial charge is 0.497 e. The van der Waals surface area contributed by atoms with Gasteiger partial charge < -0.3 is 19.4 Å². The van der Waals surface area contributed by atoms with E-state index in [-0.39, 0.29) is 11.7 Å². The van der Waals surface area contributed by atoms with E-state index in [9.17, 15) is 4.79 Å². The second-order valence-electron chi connectivity index (χ2n) is 6.32. The van der Waals surface area contributed by atoms with E-state index in [1.807, 2.05) is 42.7 Å². The summed E-state index contributed by atoms with van der Waals surface area (Å²) in [5.74, 6) is 2.05. The van der Waals surface area contributed by atoms with Crippen LogP contribution in [0.25, 0.3) is 11.4 Å². The summed E-state index contributed by atoms with van der Waals surface area (Å²) < 4.78 is 12.5. The molecule has 0 fully saturated rings. The summed E-state index contributed by atoms with van der Waals surface area (Å²) in [6.45, 7) is 4.79. The van der Waals surface area contributed by atoms with E-state index in [0.717, 1.165) is 11.4 Å². The number of carbonyl (C=O) groups is 1. The molecule has 1 aromatic heterocycles. The first-order valence-corrected chi connectivity index (χ1v) is 10.2. The molecule has 0 aliphatic rings. The lowest BCUT2D eigenvalue weighted by Gasteiger charge is -2.12. The first kappa shape index (κ1) is 20.7. The van der Waals surface area contributed by atoms with Crippen molar-refractivity contribution in [3.8, 4) is 22.9 Å². The van der Waals surface area contributed by atoms with E-state index in [0.29, 0.717) is 28.9 Å². The maximum Gasteiger partial charge on any atom is 0.234 e. The molecular formula is C21H24N4O3S. The van der Waals surface area contributed by atoms with Crippen LogP contribution >= 0.6 is 11.8 Å². The monoisotopic (exact) mass is 412 g/mol. The normalized spacial score (nSPS) is 10.6. The molecule has 0 aliphatic carbocycles. The van der Waals surface area contributed by atoms with Crippen molar-refractivity contribution < 1.29 is 14.3 Å². The topological polar surface area (TPSA) is 78.3 Å². The number of ether oxygens (including phenoxy) is 2. The predicted molar refractivity (Wildman–Crippen MR) is 115 cm³/mol. The standard InChI is InChI=1S/C21H24N4O3S/c1-5-25-20(15-8-6-14(2)7-9-15)23-24-21(25)29-13-19(26)22-17-12-16(27-3)10-11-18(17)28-4/h6-12H,5,13H2,1-4H3,(H,22,26). The Morgan fingerprint density at radius 1 is 1.10 bits per heavy atom. The second-order valence-corrected chi connectivity index (χ2v) is 7.26. The Morgan fingerprint density at radius 2 is 1.86 bits per heavy atom. The number of hydrogen-bond acceptors (Lipinski definition) is 6. The number of benzene rings is 2. The molecule has 1 heterocycles. The van der Waals surface area contributed by atoms with Crippen LogP contribution in [0.4, 0.5) is 5.69 Å². The van der Waals surface area contributed by atoms with Gasteiger partial charge in [0.15, 0.2) is 11.0 Å². The van der Waals surface area contributed by atoms with Crippen LogP contribution in [0, 0.1) is 6.92 Å². The fourth-order valence-corrected chi connectivity index (χ4v) is 3.63. The number of nitrogens with one attached hydrogen (secondary N) is 1. The highest BCUT2D eigenvalue weighted by Crippen LogP contribution is 2.29. The molecule has 7 nitrogen and oxygen atoms in total. The molecule has 3 aromatic rings. The summed E-state index contributed by atoms with van der Waals surface area (Å²) in [7, 11) is 3.13. The van der Waals surface area contributed by atoms with Crippen LogP contribution in [0.2, 0.25) is 0 Å². The van der Waals surface area contributed by atoms with Gasteiger partial charge in [-0.05, 0) is 26.0 Å². The fraction of sp³-hybridized carbons (Fsp3) is 0.286. The Kier molecular flexibility index (Phi) is 6.77. The molecule has 0 unspecified atom stereocenters. The van der Waals surface area contributed by atoms with E-state index in [4.69, 9.17) is 9.47 Å². The molecule has 0 bridgehead atoms. The van der Waals surface area contributed by atoms with E-state index in [1.165, 1.54) is 17.3 Å². The highest BCUT2D eigenvalue weighted by atomic mass is 32.2. The predicted octanol–water partition coefficient (Wildman–Crippen LogP) is 4.02. The number of methoxy groups -OCH3 is 2. The highest BCUT2D eigenvalue weighted by Gasteiger charge is 2.15. The van der Waals surface area contributed by atoms with Gasteiger partial charge in [-0.1, -0.05) is 41.6 Å². The van der Waals surface area contributed by atoms with Crippen molar-refractivity contribution in [2.75, 3.05) is 25.3 Å². The zero-order valence-electron chi connectivity index (χ0n) is 16.9. The van der Waals surface area contributed by atoms with Gasteiger partial charge in [0.05, 0.1) is 25.7 Å². The zero-order chi connectivity index (χ0) is 20.8. The summed E-state index contributed by atoms with van der Waals surface area (Å²) >= 11 is 1.35. The molecular weight excluding hydrogens is 388 g/mol. The maximum absolute atomic E-state index is 12.5. The number of aromatic nitrogens is 3. The van der Waals surface area contributed by atoms with Crippen LogP contribution in [0.3, 0.4) is 0 Å². The molecule has 0 saturated heterocycles. The third kappa shape index (κ3) is 4.89. The maximum atomic E-state index is 12.5. The minimum atomic E-state index is -0.163. The van der Waals surface area contributed by atoms with Crippen molar-refractivity contribution in [2.45, 2.75) is 25.5 Å². The SMILES string of the molecule is CCn1c(SCC(=O)Nc2cc(OC)ccc2OC)nnc1-c1ccc(C)cc1. The van der Waals surface area contributed by atoms with Gasteiger partial charge in [0.1, 0.15) is 11.5 Å². The van der Waals surface area contributed by atoms with Crippen LogP contribution in [0.5, 0.6) is 11.5 Å². The first-order valence-electron chi connectivity index (χ1n) is 9.20. The van der Waals surface area contributed by atoms with E-state index >= 15 is 0 Å². The third-order valence-corrected chi connectivity index (χ3v) is 5.32. The molecule has 0 aliphatic heterocycles. The summed E-state index contributed by atoms with van der Waals surface area (Å²) in [5, 5.41) is 12.2. The number of thioether (sulfide) groups is 1. The van der Waals surface area contributed by atoms with E-state index < -0.39 is 0 Å². The number of nitrogens with zero attached hydrogens (tertiary/aromatic N) is 3. The highest BCUT2D eigenvalue weighted by molar-refractivity contribution is 7.99. The molecule has 3 rings (SSSR count). The third-order valence-electron chi connectivity index (χ3n) is 4.36. The number of aryl methyl sites for hydroxylation is 1. The van der Waals surface area contributed by atoms with Crippen molar-refractivity contribution >= 4 is 23.4 Å². The van der Waals surface area contributed by atoms with Crippen molar-refractivity contribution in [3.05, 3.63) is 48.0 Å². The Labute approximate surface area is 174 Å². The van der Waals surface area contributed by atoms with Gasteiger partial charge in [-0.2, -0.15) is 0 Å². The van der Waals surface area contributed by atoms with Crippen LogP contribution in [0.1, 0.15) is 12.5 Å². The number of carbonyl (C=O) groups excluding carboxylic acids is 1. The first-order chi connectivity index (χ1) is 14.0. The molecule has 0 atom stereocenters. The second kappa shape index (κ2) is 9.47. The minimum Gasteiger partial charge on any atom is -0.497 e. The molecule has 29 heavy (non-hydrogen) atoms. The molecule has 1 amide bonds. The van der Waals surface area contributed by atoms with Gasteiger partial charge in [0.2, 0.25) is 5.91 Å². The summed E-state index contributed by atoms with van der Waals surface area (Å²) in [6.07, 6.45) is 0. The molecule has 2 aromatic carbocycles. The lowest BCUT2D eigenvalue weighted by atomic mass is 10.1. The molecule has 1 N–H and O–H groups in total. The quantitative estimate of drug-likeness (QED) is 0.563. The smallest absolute Gasteiger partial charge is 0.234 e. The van der Waals surface area contributed by atoms with Crippen molar-refractivity contribution in [3.63, 3.8) is 0 Å². The summed E-state index contributed by atoms with van der Waals surface area (Å²) in [4.78, 5) is 12.5. The van der Waals surface area contributed by atoms with Crippen molar-refractivity contribution in [1.29, 1.82) is 0 Å². The van der Waals surface area contributed by atoms with Crippen LogP contribution in [0.15, 0.2) is 47.6 Å². The van der Waals surface area contributed by atoms with Crippen LogP contribution in [-0.4, -0.2) is 40.6 Å².